The quantitative estimate of drug-likeness (QED) is 0.588. The number of benzene rings is 1. The summed E-state index contributed by atoms with van der Waals surface area (Å²) in [5.41, 5.74) is 3.14. The topological polar surface area (TPSA) is 73.1 Å². The smallest absolute Gasteiger partial charge is 0.307 e. The van der Waals surface area contributed by atoms with E-state index >= 15 is 0 Å². The molecule has 7 heteroatoms. The third kappa shape index (κ3) is 4.59. The van der Waals surface area contributed by atoms with Crippen LogP contribution in [0.25, 0.3) is 0 Å². The molecule has 0 saturated carbocycles. The number of carbonyl (C=O) groups is 1. The molecule has 23 heavy (non-hydrogen) atoms. The molecule has 0 radical (unpaired) electrons. The molecule has 0 saturated heterocycles. The van der Waals surface area contributed by atoms with Crippen LogP contribution in [0.3, 0.4) is 0 Å². The maximum absolute atomic E-state index is 11.7. The van der Waals surface area contributed by atoms with E-state index in [2.05, 4.69) is 26.5 Å². The molecule has 1 heterocycles. The summed E-state index contributed by atoms with van der Waals surface area (Å²) in [5, 5.41) is 3.90. The van der Waals surface area contributed by atoms with Crippen molar-refractivity contribution >= 4 is 28.1 Å². The number of rotatable bonds is 7. The van der Waals surface area contributed by atoms with Gasteiger partial charge in [-0.15, -0.1) is 0 Å². The van der Waals surface area contributed by atoms with Crippen molar-refractivity contribution in [3.05, 3.63) is 46.3 Å². The summed E-state index contributed by atoms with van der Waals surface area (Å²) in [6.07, 6.45) is 3.84. The zero-order valence-corrected chi connectivity index (χ0v) is 14.4. The predicted molar refractivity (Wildman–Crippen MR) is 90.2 cm³/mol. The number of nitrogens with zero attached hydrogens (tertiary/aromatic N) is 1. The lowest BCUT2D eigenvalue weighted by atomic mass is 10.2. The lowest BCUT2D eigenvalue weighted by molar-refractivity contribution is 0.0927. The highest BCUT2D eigenvalue weighted by Crippen LogP contribution is 2.36. The Kier molecular flexibility index (Phi) is 6.22. The second-order valence-corrected chi connectivity index (χ2v) is 5.41. The highest BCUT2D eigenvalue weighted by Gasteiger charge is 2.11. The summed E-state index contributed by atoms with van der Waals surface area (Å²) in [6.45, 7) is 2.63. The van der Waals surface area contributed by atoms with Gasteiger partial charge in [-0.1, -0.05) is 6.92 Å². The van der Waals surface area contributed by atoms with Crippen LogP contribution in [0.2, 0.25) is 0 Å². The number of nitrogens with one attached hydrogen (secondary N) is 1. The molecule has 0 bridgehead atoms. The number of ether oxygens (including phenoxy) is 2. The van der Waals surface area contributed by atoms with Gasteiger partial charge in [-0.2, -0.15) is 5.10 Å². The fourth-order valence-corrected chi connectivity index (χ4v) is 2.36. The molecule has 1 N–H and O–H groups in total. The van der Waals surface area contributed by atoms with Crippen molar-refractivity contribution in [2.45, 2.75) is 13.3 Å². The number of halogens is 1. The summed E-state index contributed by atoms with van der Waals surface area (Å²) in [4.78, 5) is 11.7. The van der Waals surface area contributed by atoms with Crippen LogP contribution >= 0.6 is 15.9 Å². The monoisotopic (exact) mass is 380 g/mol. The summed E-state index contributed by atoms with van der Waals surface area (Å²) in [6, 6.07) is 6.80. The first-order valence-electron chi connectivity index (χ1n) is 7.03. The SMILES string of the molecule is CCCOc1c(Br)cc(/C=N/NC(=O)c2ccco2)cc1OC. The average Bonchev–Trinajstić information content (AvgIpc) is 3.08. The first-order chi connectivity index (χ1) is 11.2. The Morgan fingerprint density at radius 3 is 2.96 bits per heavy atom. The minimum Gasteiger partial charge on any atom is -0.493 e. The molecular formula is C16H17BrN2O4. The highest BCUT2D eigenvalue weighted by atomic mass is 79.9. The van der Waals surface area contributed by atoms with E-state index in [0.29, 0.717) is 18.1 Å². The van der Waals surface area contributed by atoms with Crippen molar-refractivity contribution in [2.75, 3.05) is 13.7 Å². The Morgan fingerprint density at radius 1 is 1.48 bits per heavy atom. The second kappa shape index (κ2) is 8.38. The molecule has 1 amide bonds. The molecule has 1 aromatic heterocycles. The van der Waals surface area contributed by atoms with Gasteiger partial charge < -0.3 is 13.9 Å². The van der Waals surface area contributed by atoms with Crippen LogP contribution in [-0.2, 0) is 0 Å². The molecule has 0 fully saturated rings. The van der Waals surface area contributed by atoms with Gasteiger partial charge in [0.15, 0.2) is 17.3 Å². The van der Waals surface area contributed by atoms with Gasteiger partial charge in [0.2, 0.25) is 0 Å². The van der Waals surface area contributed by atoms with E-state index in [-0.39, 0.29) is 5.76 Å². The van der Waals surface area contributed by atoms with Crippen molar-refractivity contribution in [1.82, 2.24) is 5.43 Å². The Bertz CT molecular complexity index is 684. The standard InChI is InChI=1S/C16H17BrN2O4/c1-3-6-23-15-12(17)8-11(9-14(15)21-2)10-18-19-16(20)13-5-4-7-22-13/h4-5,7-10H,3,6H2,1-2H3,(H,19,20)/b18-10+. The molecule has 0 unspecified atom stereocenters. The van der Waals surface area contributed by atoms with E-state index in [1.165, 1.54) is 12.5 Å². The molecule has 2 rings (SSSR count). The van der Waals surface area contributed by atoms with Gasteiger partial charge >= 0.3 is 5.91 Å². The molecule has 2 aromatic rings. The van der Waals surface area contributed by atoms with Gasteiger partial charge in [0.25, 0.3) is 0 Å². The van der Waals surface area contributed by atoms with Gasteiger partial charge in [0.05, 0.1) is 30.7 Å². The van der Waals surface area contributed by atoms with Crippen molar-refractivity contribution in [3.8, 4) is 11.5 Å². The van der Waals surface area contributed by atoms with Gasteiger partial charge in [-0.05, 0) is 52.2 Å². The Labute approximate surface area is 142 Å². The maximum Gasteiger partial charge on any atom is 0.307 e. The van der Waals surface area contributed by atoms with Crippen molar-refractivity contribution < 1.29 is 18.7 Å². The summed E-state index contributed by atoms with van der Waals surface area (Å²) in [5.74, 6) is 1.02. The van der Waals surface area contributed by atoms with Crippen LogP contribution in [0.5, 0.6) is 11.5 Å². The largest absolute Gasteiger partial charge is 0.493 e. The fourth-order valence-electron chi connectivity index (χ4n) is 1.79. The van der Waals surface area contributed by atoms with E-state index < -0.39 is 5.91 Å². The highest BCUT2D eigenvalue weighted by molar-refractivity contribution is 9.10. The number of hydrogen-bond donors (Lipinski definition) is 1. The molecular weight excluding hydrogens is 364 g/mol. The normalized spacial score (nSPS) is 10.7. The number of carbonyl (C=O) groups excluding carboxylic acids is 1. The van der Waals surface area contributed by atoms with E-state index in [0.717, 1.165) is 16.5 Å². The zero-order chi connectivity index (χ0) is 16.7. The third-order valence-corrected chi connectivity index (χ3v) is 3.42. The number of amides is 1. The van der Waals surface area contributed by atoms with Crippen LogP contribution in [0.4, 0.5) is 0 Å². The predicted octanol–water partition coefficient (Wildman–Crippen LogP) is 3.60. The third-order valence-electron chi connectivity index (χ3n) is 2.83. The molecule has 0 atom stereocenters. The van der Waals surface area contributed by atoms with Gasteiger partial charge in [-0.25, -0.2) is 5.43 Å². The fraction of sp³-hybridized carbons (Fsp3) is 0.250. The lowest BCUT2D eigenvalue weighted by Gasteiger charge is -2.12. The minimum atomic E-state index is -0.417. The number of hydrazone groups is 1. The molecule has 6 nitrogen and oxygen atoms in total. The Hall–Kier alpha value is -2.28. The minimum absolute atomic E-state index is 0.198. The van der Waals surface area contributed by atoms with E-state index in [9.17, 15) is 4.79 Å². The van der Waals surface area contributed by atoms with E-state index in [1.54, 1.807) is 25.3 Å². The van der Waals surface area contributed by atoms with Crippen LogP contribution < -0.4 is 14.9 Å². The van der Waals surface area contributed by atoms with Crippen molar-refractivity contribution in [2.24, 2.45) is 5.10 Å². The number of furan rings is 1. The van der Waals surface area contributed by atoms with Gasteiger partial charge in [0, 0.05) is 0 Å². The first-order valence-corrected chi connectivity index (χ1v) is 7.82. The molecule has 0 aliphatic rings. The second-order valence-electron chi connectivity index (χ2n) is 4.56. The van der Waals surface area contributed by atoms with Crippen LogP contribution in [0.15, 0.2) is 44.5 Å². The number of methoxy groups -OCH3 is 1. The maximum atomic E-state index is 11.7. The van der Waals surface area contributed by atoms with Gasteiger partial charge in [-0.3, -0.25) is 4.79 Å². The lowest BCUT2D eigenvalue weighted by Crippen LogP contribution is -2.16. The van der Waals surface area contributed by atoms with Crippen molar-refractivity contribution in [1.29, 1.82) is 0 Å². The summed E-state index contributed by atoms with van der Waals surface area (Å²) < 4.78 is 16.7. The van der Waals surface area contributed by atoms with Gasteiger partial charge in [0.1, 0.15) is 0 Å². The molecule has 0 spiro atoms. The Morgan fingerprint density at radius 2 is 2.30 bits per heavy atom. The summed E-state index contributed by atoms with van der Waals surface area (Å²) in [7, 11) is 1.57. The van der Waals surface area contributed by atoms with Crippen molar-refractivity contribution in [3.63, 3.8) is 0 Å². The zero-order valence-electron chi connectivity index (χ0n) is 12.8. The molecule has 1 aromatic carbocycles. The van der Waals surface area contributed by atoms with Crippen LogP contribution in [-0.4, -0.2) is 25.8 Å². The molecule has 0 aliphatic heterocycles. The van der Waals surface area contributed by atoms with E-state index in [1.807, 2.05) is 13.0 Å². The van der Waals surface area contributed by atoms with Crippen LogP contribution in [0.1, 0.15) is 29.5 Å². The molecule has 122 valence electrons. The first kappa shape index (κ1) is 17.1. The van der Waals surface area contributed by atoms with E-state index in [4.69, 9.17) is 13.9 Å². The molecule has 0 aliphatic carbocycles. The Balaban J connectivity index is 2.09. The summed E-state index contributed by atoms with van der Waals surface area (Å²) >= 11 is 3.45. The number of hydrogen-bond acceptors (Lipinski definition) is 5. The average molecular weight is 381 g/mol. The van der Waals surface area contributed by atoms with Crippen LogP contribution in [0, 0.1) is 0 Å².